The van der Waals surface area contributed by atoms with Crippen LogP contribution < -0.4 is 15.5 Å². The Kier molecular flexibility index (Phi) is 7.12. The molecule has 2 heterocycles. The number of anilines is 1. The number of rotatable bonds is 6. The van der Waals surface area contributed by atoms with Gasteiger partial charge in [-0.1, -0.05) is 18.2 Å². The van der Waals surface area contributed by atoms with Crippen molar-refractivity contribution in [1.82, 2.24) is 15.6 Å². The van der Waals surface area contributed by atoms with Crippen molar-refractivity contribution in [2.75, 3.05) is 31.6 Å². The number of hydrogen-bond acceptors (Lipinski definition) is 4. The van der Waals surface area contributed by atoms with Crippen LogP contribution in [0.15, 0.2) is 47.6 Å². The molecule has 0 bridgehead atoms. The summed E-state index contributed by atoms with van der Waals surface area (Å²) in [6.45, 7) is 4.94. The summed E-state index contributed by atoms with van der Waals surface area (Å²) in [5, 5.41) is 16.3. The number of guanidine groups is 1. The maximum absolute atomic E-state index is 9.34. The van der Waals surface area contributed by atoms with Crippen LogP contribution in [-0.4, -0.2) is 48.8 Å². The minimum absolute atomic E-state index is 0.315. The van der Waals surface area contributed by atoms with Crippen LogP contribution in [0.3, 0.4) is 0 Å². The molecule has 150 valence electrons. The van der Waals surface area contributed by atoms with E-state index < -0.39 is 0 Å². The van der Waals surface area contributed by atoms with Gasteiger partial charge in [-0.05, 0) is 61.9 Å². The van der Waals surface area contributed by atoms with Crippen LogP contribution in [0.2, 0.25) is 0 Å². The van der Waals surface area contributed by atoms with Crippen LogP contribution in [0, 0.1) is 6.92 Å². The zero-order chi connectivity index (χ0) is 19.8. The molecule has 2 aromatic rings. The molecule has 1 fully saturated rings. The number of aromatic nitrogens is 1. The fraction of sp³-hybridized carbons (Fsp3) is 0.455. The van der Waals surface area contributed by atoms with E-state index in [1.54, 1.807) is 12.1 Å². The molecule has 6 nitrogen and oxygen atoms in total. The van der Waals surface area contributed by atoms with Crippen LogP contribution in [0.5, 0.6) is 5.75 Å². The average molecular weight is 382 g/mol. The molecule has 0 saturated carbocycles. The molecule has 0 unspecified atom stereocenters. The molecule has 0 radical (unpaired) electrons. The number of aryl methyl sites for hydroxylation is 2. The summed E-state index contributed by atoms with van der Waals surface area (Å²) in [5.74, 6) is 2.26. The number of phenolic OH excluding ortho intramolecular Hbond substituents is 1. The van der Waals surface area contributed by atoms with E-state index in [0.717, 1.165) is 57.1 Å². The van der Waals surface area contributed by atoms with Crippen molar-refractivity contribution in [3.05, 3.63) is 53.7 Å². The number of phenols is 1. The highest BCUT2D eigenvalue weighted by Gasteiger charge is 2.20. The van der Waals surface area contributed by atoms with Gasteiger partial charge in [-0.25, -0.2) is 4.98 Å². The molecule has 6 heteroatoms. The minimum atomic E-state index is 0.315. The van der Waals surface area contributed by atoms with Gasteiger partial charge in [-0.3, -0.25) is 4.99 Å². The normalized spacial score (nSPS) is 15.5. The second kappa shape index (κ2) is 9.97. The number of hydrogen-bond donors (Lipinski definition) is 3. The Morgan fingerprint density at radius 3 is 2.57 bits per heavy atom. The molecule has 0 amide bonds. The molecule has 1 saturated heterocycles. The molecule has 1 aromatic heterocycles. The highest BCUT2D eigenvalue weighted by molar-refractivity contribution is 5.79. The van der Waals surface area contributed by atoms with Crippen LogP contribution >= 0.6 is 0 Å². The number of piperidine rings is 1. The van der Waals surface area contributed by atoms with E-state index in [-0.39, 0.29) is 0 Å². The predicted molar refractivity (Wildman–Crippen MR) is 115 cm³/mol. The van der Waals surface area contributed by atoms with Gasteiger partial charge in [0.05, 0.1) is 0 Å². The summed E-state index contributed by atoms with van der Waals surface area (Å²) >= 11 is 0. The average Bonchev–Trinajstić information content (AvgIpc) is 2.73. The lowest BCUT2D eigenvalue weighted by molar-refractivity contribution is 0.459. The predicted octanol–water partition coefficient (Wildman–Crippen LogP) is 2.86. The van der Waals surface area contributed by atoms with E-state index in [9.17, 15) is 5.11 Å². The first-order chi connectivity index (χ1) is 13.6. The van der Waals surface area contributed by atoms with Crippen LogP contribution in [0.1, 0.15) is 30.4 Å². The third-order valence-corrected chi connectivity index (χ3v) is 5.15. The molecule has 1 aromatic carbocycles. The van der Waals surface area contributed by atoms with Crippen LogP contribution in [0.25, 0.3) is 0 Å². The lowest BCUT2D eigenvalue weighted by Gasteiger charge is -2.33. The second-order valence-electron chi connectivity index (χ2n) is 7.37. The van der Waals surface area contributed by atoms with Crippen molar-refractivity contribution in [1.29, 1.82) is 0 Å². The van der Waals surface area contributed by atoms with Gasteiger partial charge in [0.1, 0.15) is 11.6 Å². The number of nitrogens with zero attached hydrogens (tertiary/aromatic N) is 3. The number of benzene rings is 1. The first kappa shape index (κ1) is 20.0. The van der Waals surface area contributed by atoms with E-state index in [1.165, 1.54) is 11.1 Å². The Hall–Kier alpha value is -2.76. The summed E-state index contributed by atoms with van der Waals surface area (Å²) in [5.41, 5.74) is 2.43. The number of nitrogens with one attached hydrogen (secondary N) is 2. The molecule has 3 rings (SSSR count). The molecule has 1 aliphatic rings. The summed E-state index contributed by atoms with van der Waals surface area (Å²) < 4.78 is 0. The zero-order valence-corrected chi connectivity index (χ0v) is 16.9. The SMILES string of the molecule is CN=C(NCCCc1ccc(O)cc1)NC1CCN(c2ccc(C)cn2)CC1. The number of aliphatic imine (C=N–C) groups is 1. The smallest absolute Gasteiger partial charge is 0.191 e. The molecule has 1 aliphatic heterocycles. The monoisotopic (exact) mass is 381 g/mol. The largest absolute Gasteiger partial charge is 0.508 e. The Balaban J connectivity index is 1.37. The van der Waals surface area contributed by atoms with Crippen molar-refractivity contribution in [3.8, 4) is 5.75 Å². The highest BCUT2D eigenvalue weighted by atomic mass is 16.3. The zero-order valence-electron chi connectivity index (χ0n) is 16.9. The van der Waals surface area contributed by atoms with Crippen molar-refractivity contribution in [2.45, 2.75) is 38.6 Å². The van der Waals surface area contributed by atoms with Crippen molar-refractivity contribution < 1.29 is 5.11 Å². The second-order valence-corrected chi connectivity index (χ2v) is 7.37. The minimum Gasteiger partial charge on any atom is -0.508 e. The van der Waals surface area contributed by atoms with Crippen molar-refractivity contribution >= 4 is 11.8 Å². The molecule has 28 heavy (non-hydrogen) atoms. The van der Waals surface area contributed by atoms with Gasteiger partial charge in [0, 0.05) is 38.9 Å². The van der Waals surface area contributed by atoms with Gasteiger partial charge in [-0.2, -0.15) is 0 Å². The Morgan fingerprint density at radius 2 is 1.93 bits per heavy atom. The fourth-order valence-corrected chi connectivity index (χ4v) is 3.45. The third-order valence-electron chi connectivity index (χ3n) is 5.15. The summed E-state index contributed by atoms with van der Waals surface area (Å²) in [6, 6.07) is 12.1. The van der Waals surface area contributed by atoms with Gasteiger partial charge in [-0.15, -0.1) is 0 Å². The lowest BCUT2D eigenvalue weighted by atomic mass is 10.1. The highest BCUT2D eigenvalue weighted by Crippen LogP contribution is 2.18. The Morgan fingerprint density at radius 1 is 1.18 bits per heavy atom. The van der Waals surface area contributed by atoms with E-state index in [2.05, 4.69) is 44.6 Å². The molecule has 0 spiro atoms. The van der Waals surface area contributed by atoms with Gasteiger partial charge in [0.2, 0.25) is 0 Å². The fourth-order valence-electron chi connectivity index (χ4n) is 3.45. The van der Waals surface area contributed by atoms with Crippen LogP contribution in [-0.2, 0) is 6.42 Å². The first-order valence-electron chi connectivity index (χ1n) is 10.1. The summed E-state index contributed by atoms with van der Waals surface area (Å²) in [4.78, 5) is 11.3. The number of aromatic hydroxyl groups is 1. The maximum Gasteiger partial charge on any atom is 0.191 e. The maximum atomic E-state index is 9.34. The van der Waals surface area contributed by atoms with Gasteiger partial charge < -0.3 is 20.6 Å². The van der Waals surface area contributed by atoms with Crippen LogP contribution in [0.4, 0.5) is 5.82 Å². The lowest BCUT2D eigenvalue weighted by Crippen LogP contribution is -2.49. The van der Waals surface area contributed by atoms with E-state index in [1.807, 2.05) is 25.4 Å². The third kappa shape index (κ3) is 5.87. The number of pyridine rings is 1. The van der Waals surface area contributed by atoms with Crippen molar-refractivity contribution in [2.24, 2.45) is 4.99 Å². The first-order valence-corrected chi connectivity index (χ1v) is 10.1. The quantitative estimate of drug-likeness (QED) is 0.408. The molecular formula is C22H31N5O. The van der Waals surface area contributed by atoms with Gasteiger partial charge >= 0.3 is 0 Å². The molecule has 3 N–H and O–H groups in total. The standard InChI is InChI=1S/C22H31N5O/c1-17-5-10-21(25-16-17)27-14-11-19(12-15-27)26-22(23-2)24-13-3-4-18-6-8-20(28)9-7-18/h5-10,16,19,28H,3-4,11-15H2,1-2H3,(H2,23,24,26). The topological polar surface area (TPSA) is 72.8 Å². The Bertz CT molecular complexity index is 750. The molecular weight excluding hydrogens is 350 g/mol. The van der Waals surface area contributed by atoms with Gasteiger partial charge in [0.15, 0.2) is 5.96 Å². The van der Waals surface area contributed by atoms with Gasteiger partial charge in [0.25, 0.3) is 0 Å². The van der Waals surface area contributed by atoms with E-state index in [4.69, 9.17) is 0 Å². The summed E-state index contributed by atoms with van der Waals surface area (Å²) in [7, 11) is 1.82. The molecule has 0 atom stereocenters. The Labute approximate surface area is 167 Å². The molecule has 0 aliphatic carbocycles. The van der Waals surface area contributed by atoms with E-state index in [0.29, 0.717) is 11.8 Å². The summed E-state index contributed by atoms with van der Waals surface area (Å²) in [6.07, 6.45) is 6.08. The van der Waals surface area contributed by atoms with Crippen molar-refractivity contribution in [3.63, 3.8) is 0 Å². The van der Waals surface area contributed by atoms with E-state index >= 15 is 0 Å².